The third kappa shape index (κ3) is 3.25. The van der Waals surface area contributed by atoms with E-state index in [9.17, 15) is 10.2 Å². The van der Waals surface area contributed by atoms with Crippen LogP contribution in [0.1, 0.15) is 23.6 Å². The molecule has 0 aliphatic carbocycles. The lowest BCUT2D eigenvalue weighted by Crippen LogP contribution is -1.97. The molecule has 0 saturated carbocycles. The Morgan fingerprint density at radius 3 is 2.08 bits per heavy atom. The van der Waals surface area contributed by atoms with Crippen LogP contribution in [-0.4, -0.2) is 24.4 Å². The smallest absolute Gasteiger partial charge is 0.200 e. The number of benzene rings is 3. The molecule has 0 unspecified atom stereocenters. The molecule has 0 amide bonds. The van der Waals surface area contributed by atoms with Crippen LogP contribution in [-0.2, 0) is 12.8 Å². The van der Waals surface area contributed by atoms with E-state index in [0.717, 1.165) is 33.9 Å². The van der Waals surface area contributed by atoms with Crippen molar-refractivity contribution in [1.82, 2.24) is 0 Å². The molecular formula is C21H21ClO4. The standard InChI is InChI=1S/C21H21ClO4/c1-4-13-10-14(17-11-15(22)5-6-16(17)20(13)23)7-12-8-18(25-2)21(24)19(9-12)26-3/h5-6,8-11,23-24H,4,7H2,1-3H3. The van der Waals surface area contributed by atoms with Gasteiger partial charge in [-0.2, -0.15) is 0 Å². The van der Waals surface area contributed by atoms with E-state index >= 15 is 0 Å². The summed E-state index contributed by atoms with van der Waals surface area (Å²) in [6, 6.07) is 11.0. The zero-order chi connectivity index (χ0) is 18.8. The van der Waals surface area contributed by atoms with Crippen molar-refractivity contribution in [1.29, 1.82) is 0 Å². The lowest BCUT2D eigenvalue weighted by Gasteiger charge is -2.15. The Kier molecular flexibility index (Phi) is 5.14. The van der Waals surface area contributed by atoms with Gasteiger partial charge in [-0.05, 0) is 65.3 Å². The summed E-state index contributed by atoms with van der Waals surface area (Å²) in [6.45, 7) is 2.01. The van der Waals surface area contributed by atoms with E-state index in [-0.39, 0.29) is 5.75 Å². The highest BCUT2D eigenvalue weighted by Crippen LogP contribution is 2.39. The fourth-order valence-corrected chi connectivity index (χ4v) is 3.38. The lowest BCUT2D eigenvalue weighted by molar-refractivity contribution is 0.339. The molecule has 0 saturated heterocycles. The number of fused-ring (bicyclic) bond motifs is 1. The minimum Gasteiger partial charge on any atom is -0.507 e. The molecule has 0 bridgehead atoms. The van der Waals surface area contributed by atoms with Crippen LogP contribution < -0.4 is 9.47 Å². The van der Waals surface area contributed by atoms with E-state index in [1.54, 1.807) is 18.2 Å². The average Bonchev–Trinajstić information content (AvgIpc) is 2.65. The summed E-state index contributed by atoms with van der Waals surface area (Å²) in [5.41, 5.74) is 2.84. The molecule has 0 aliphatic heterocycles. The van der Waals surface area contributed by atoms with Gasteiger partial charge in [-0.15, -0.1) is 0 Å². The Bertz CT molecular complexity index is 941. The minimum absolute atomic E-state index is 0.0217. The maximum atomic E-state index is 10.5. The molecule has 0 radical (unpaired) electrons. The number of methoxy groups -OCH3 is 2. The van der Waals surface area contributed by atoms with E-state index in [0.29, 0.717) is 28.7 Å². The second-order valence-corrected chi connectivity index (χ2v) is 6.55. The Morgan fingerprint density at radius 1 is 0.846 bits per heavy atom. The van der Waals surface area contributed by atoms with Crippen molar-refractivity contribution in [3.63, 3.8) is 0 Å². The lowest BCUT2D eigenvalue weighted by atomic mass is 9.94. The molecule has 136 valence electrons. The van der Waals surface area contributed by atoms with Gasteiger partial charge in [-0.25, -0.2) is 0 Å². The molecule has 5 heteroatoms. The van der Waals surface area contributed by atoms with Crippen molar-refractivity contribution in [2.24, 2.45) is 0 Å². The van der Waals surface area contributed by atoms with Crippen LogP contribution >= 0.6 is 11.6 Å². The third-order valence-corrected chi connectivity index (χ3v) is 4.79. The van der Waals surface area contributed by atoms with Gasteiger partial charge in [0.2, 0.25) is 5.75 Å². The van der Waals surface area contributed by atoms with Gasteiger partial charge in [-0.3, -0.25) is 0 Å². The number of halogens is 1. The number of aromatic hydroxyl groups is 2. The molecule has 0 aromatic heterocycles. The van der Waals surface area contributed by atoms with Gasteiger partial charge in [0.05, 0.1) is 14.2 Å². The van der Waals surface area contributed by atoms with Crippen LogP contribution in [0.25, 0.3) is 10.8 Å². The van der Waals surface area contributed by atoms with Crippen molar-refractivity contribution < 1.29 is 19.7 Å². The van der Waals surface area contributed by atoms with E-state index in [1.807, 2.05) is 25.1 Å². The maximum Gasteiger partial charge on any atom is 0.200 e. The second-order valence-electron chi connectivity index (χ2n) is 6.11. The predicted octanol–water partition coefficient (Wildman–Crippen LogP) is 5.07. The molecule has 0 fully saturated rings. The van der Waals surface area contributed by atoms with Crippen molar-refractivity contribution in [3.05, 3.63) is 58.1 Å². The van der Waals surface area contributed by atoms with Crippen molar-refractivity contribution in [2.45, 2.75) is 19.8 Å². The third-order valence-electron chi connectivity index (χ3n) is 4.55. The fraction of sp³-hybridized carbons (Fsp3) is 0.238. The zero-order valence-corrected chi connectivity index (χ0v) is 15.7. The minimum atomic E-state index is -0.0217. The number of ether oxygens (including phenoxy) is 2. The summed E-state index contributed by atoms with van der Waals surface area (Å²) in [5, 5.41) is 22.9. The molecule has 26 heavy (non-hydrogen) atoms. The SMILES string of the molecule is CCc1cc(Cc2cc(OC)c(O)c(OC)c2)c2cc(Cl)ccc2c1O. The summed E-state index contributed by atoms with van der Waals surface area (Å²) in [7, 11) is 3.01. The Morgan fingerprint density at radius 2 is 1.50 bits per heavy atom. The number of aryl methyl sites for hydroxylation is 1. The second kappa shape index (κ2) is 7.34. The Labute approximate surface area is 157 Å². The van der Waals surface area contributed by atoms with Crippen LogP contribution in [0.2, 0.25) is 5.02 Å². The summed E-state index contributed by atoms with van der Waals surface area (Å²) in [5.74, 6) is 0.989. The van der Waals surface area contributed by atoms with Crippen LogP contribution in [0, 0.1) is 0 Å². The average molecular weight is 373 g/mol. The predicted molar refractivity (Wildman–Crippen MR) is 104 cm³/mol. The first-order valence-corrected chi connectivity index (χ1v) is 8.73. The highest BCUT2D eigenvalue weighted by molar-refractivity contribution is 6.31. The molecule has 0 atom stereocenters. The fourth-order valence-electron chi connectivity index (χ4n) is 3.20. The number of phenolic OH excluding ortho intramolecular Hbond substituents is 2. The molecule has 4 nitrogen and oxygen atoms in total. The highest BCUT2D eigenvalue weighted by Gasteiger charge is 2.15. The molecule has 0 spiro atoms. The van der Waals surface area contributed by atoms with Crippen LogP contribution in [0.5, 0.6) is 23.0 Å². The number of hydrogen-bond acceptors (Lipinski definition) is 4. The van der Waals surface area contributed by atoms with Gasteiger partial charge < -0.3 is 19.7 Å². The molecule has 3 aromatic rings. The summed E-state index contributed by atoms with van der Waals surface area (Å²) >= 11 is 6.18. The quantitative estimate of drug-likeness (QED) is 0.656. The first-order valence-electron chi connectivity index (χ1n) is 8.35. The van der Waals surface area contributed by atoms with Crippen LogP contribution in [0.15, 0.2) is 36.4 Å². The monoisotopic (exact) mass is 372 g/mol. The summed E-state index contributed by atoms with van der Waals surface area (Å²) in [4.78, 5) is 0. The van der Waals surface area contributed by atoms with Crippen LogP contribution in [0.4, 0.5) is 0 Å². The van der Waals surface area contributed by atoms with Crippen molar-refractivity contribution in [2.75, 3.05) is 14.2 Å². The first kappa shape index (κ1) is 18.2. The largest absolute Gasteiger partial charge is 0.507 e. The number of phenols is 2. The van der Waals surface area contributed by atoms with E-state index in [4.69, 9.17) is 21.1 Å². The van der Waals surface area contributed by atoms with Gasteiger partial charge >= 0.3 is 0 Å². The van der Waals surface area contributed by atoms with Gasteiger partial charge in [0, 0.05) is 10.4 Å². The molecule has 2 N–H and O–H groups in total. The maximum absolute atomic E-state index is 10.5. The highest BCUT2D eigenvalue weighted by atomic mass is 35.5. The summed E-state index contributed by atoms with van der Waals surface area (Å²) in [6.07, 6.45) is 1.30. The van der Waals surface area contributed by atoms with E-state index < -0.39 is 0 Å². The summed E-state index contributed by atoms with van der Waals surface area (Å²) < 4.78 is 10.5. The van der Waals surface area contributed by atoms with Crippen molar-refractivity contribution in [3.8, 4) is 23.0 Å². The zero-order valence-electron chi connectivity index (χ0n) is 15.0. The normalized spacial score (nSPS) is 10.9. The Balaban J connectivity index is 2.17. The number of hydrogen-bond donors (Lipinski definition) is 2. The van der Waals surface area contributed by atoms with E-state index in [1.165, 1.54) is 14.2 Å². The molecule has 3 aromatic carbocycles. The molecule has 0 aliphatic rings. The number of rotatable bonds is 5. The molecular weight excluding hydrogens is 352 g/mol. The Hall–Kier alpha value is -2.59. The van der Waals surface area contributed by atoms with Gasteiger partial charge in [0.25, 0.3) is 0 Å². The van der Waals surface area contributed by atoms with Crippen molar-refractivity contribution >= 4 is 22.4 Å². The molecule has 0 heterocycles. The van der Waals surface area contributed by atoms with Gasteiger partial charge in [0.1, 0.15) is 5.75 Å². The van der Waals surface area contributed by atoms with Gasteiger partial charge in [0.15, 0.2) is 11.5 Å². The van der Waals surface area contributed by atoms with Crippen LogP contribution in [0.3, 0.4) is 0 Å². The van der Waals surface area contributed by atoms with E-state index in [2.05, 4.69) is 0 Å². The molecule has 3 rings (SSSR count). The topological polar surface area (TPSA) is 58.9 Å². The first-order chi connectivity index (χ1) is 12.5. The van der Waals surface area contributed by atoms with Gasteiger partial charge in [-0.1, -0.05) is 24.6 Å².